The van der Waals surface area contributed by atoms with E-state index in [0.717, 1.165) is 12.1 Å². The lowest BCUT2D eigenvalue weighted by Crippen LogP contribution is -2.29. The third-order valence-corrected chi connectivity index (χ3v) is 5.63. The summed E-state index contributed by atoms with van der Waals surface area (Å²) in [6.45, 7) is 1.82. The van der Waals surface area contributed by atoms with Crippen molar-refractivity contribution in [1.82, 2.24) is 15.3 Å². The number of nitrogens with two attached hydrogens (primary N) is 1. The van der Waals surface area contributed by atoms with Gasteiger partial charge < -0.3 is 26.8 Å². The van der Waals surface area contributed by atoms with Crippen LogP contribution in [-0.4, -0.2) is 46.1 Å². The van der Waals surface area contributed by atoms with Gasteiger partial charge in [-0.2, -0.15) is 13.2 Å². The molecule has 9 nitrogen and oxygen atoms in total. The van der Waals surface area contributed by atoms with E-state index >= 15 is 0 Å². The summed E-state index contributed by atoms with van der Waals surface area (Å²) in [5.74, 6) is -1.50. The molecule has 3 rings (SSSR count). The number of aliphatic hydroxyl groups is 1. The lowest BCUT2D eigenvalue weighted by atomic mass is 9.93. The van der Waals surface area contributed by atoms with Gasteiger partial charge in [0.05, 0.1) is 22.9 Å². The van der Waals surface area contributed by atoms with Crippen LogP contribution < -0.4 is 21.7 Å². The monoisotopic (exact) mass is 480 g/mol. The van der Waals surface area contributed by atoms with Crippen LogP contribution in [0, 0.1) is 0 Å². The Hall–Kier alpha value is -3.41. The van der Waals surface area contributed by atoms with Crippen molar-refractivity contribution in [2.75, 3.05) is 17.7 Å². The number of anilines is 3. The van der Waals surface area contributed by atoms with Gasteiger partial charge in [-0.15, -0.1) is 0 Å². The van der Waals surface area contributed by atoms with Crippen LogP contribution in [0.1, 0.15) is 64.7 Å². The van der Waals surface area contributed by atoms with Crippen LogP contribution in [0.2, 0.25) is 0 Å². The number of aryl methyl sites for hydroxylation is 1. The third-order valence-electron chi connectivity index (χ3n) is 5.63. The van der Waals surface area contributed by atoms with Gasteiger partial charge in [-0.25, -0.2) is 9.97 Å². The van der Waals surface area contributed by atoms with Crippen molar-refractivity contribution >= 4 is 29.1 Å². The number of aromatic nitrogens is 2. The number of hydrogen-bond acceptors (Lipinski definition) is 7. The first-order valence-corrected chi connectivity index (χ1v) is 10.9. The van der Waals surface area contributed by atoms with Crippen LogP contribution in [0.25, 0.3) is 0 Å². The molecule has 34 heavy (non-hydrogen) atoms. The minimum Gasteiger partial charge on any atom is -0.393 e. The zero-order chi connectivity index (χ0) is 25.0. The maximum absolute atomic E-state index is 13.6. The first kappa shape index (κ1) is 25.2. The molecule has 0 aliphatic heterocycles. The Labute approximate surface area is 194 Å². The smallest absolute Gasteiger partial charge is 0.393 e. The second-order valence-electron chi connectivity index (χ2n) is 8.05. The van der Waals surface area contributed by atoms with Crippen molar-refractivity contribution in [1.29, 1.82) is 0 Å². The van der Waals surface area contributed by atoms with Gasteiger partial charge in [0.2, 0.25) is 0 Å². The fraction of sp³-hybridized carbons (Fsp3) is 0.455. The summed E-state index contributed by atoms with van der Waals surface area (Å²) in [6.07, 6.45) is -2.01. The van der Waals surface area contributed by atoms with E-state index in [-0.39, 0.29) is 29.3 Å². The number of nitrogens with one attached hydrogen (secondary N) is 3. The number of carbonyl (C=O) groups is 2. The van der Waals surface area contributed by atoms with Gasteiger partial charge in [-0.1, -0.05) is 6.92 Å². The van der Waals surface area contributed by atoms with E-state index in [0.29, 0.717) is 43.6 Å². The predicted molar refractivity (Wildman–Crippen MR) is 120 cm³/mol. The zero-order valence-electron chi connectivity index (χ0n) is 18.8. The van der Waals surface area contributed by atoms with Crippen LogP contribution in [0.5, 0.6) is 0 Å². The first-order valence-electron chi connectivity index (χ1n) is 10.9. The van der Waals surface area contributed by atoms with Crippen LogP contribution in [0.15, 0.2) is 18.2 Å². The number of hydrogen-bond donors (Lipinski definition) is 5. The van der Waals surface area contributed by atoms with Crippen molar-refractivity contribution in [2.45, 2.75) is 57.3 Å². The van der Waals surface area contributed by atoms with Crippen molar-refractivity contribution in [3.8, 4) is 0 Å². The molecule has 0 radical (unpaired) electrons. The van der Waals surface area contributed by atoms with Gasteiger partial charge in [0.15, 0.2) is 11.5 Å². The first-order chi connectivity index (χ1) is 16.0. The molecule has 2 amide bonds. The number of halogens is 3. The fourth-order valence-corrected chi connectivity index (χ4v) is 3.83. The Bertz CT molecular complexity index is 1070. The summed E-state index contributed by atoms with van der Waals surface area (Å²) in [7, 11) is 1.24. The highest BCUT2D eigenvalue weighted by atomic mass is 19.4. The highest BCUT2D eigenvalue weighted by Crippen LogP contribution is 2.35. The summed E-state index contributed by atoms with van der Waals surface area (Å²) in [6, 6.07) is 3.10. The molecule has 1 aromatic carbocycles. The molecule has 0 saturated heterocycles. The number of nitrogens with zero attached hydrogens (tertiary/aromatic N) is 2. The van der Waals surface area contributed by atoms with Crippen LogP contribution in [-0.2, 0) is 12.6 Å². The fourth-order valence-electron chi connectivity index (χ4n) is 3.83. The summed E-state index contributed by atoms with van der Waals surface area (Å²) >= 11 is 0. The van der Waals surface area contributed by atoms with E-state index in [1.165, 1.54) is 13.1 Å². The topological polar surface area (TPSA) is 142 Å². The Balaban J connectivity index is 1.99. The molecule has 0 atom stereocenters. The second kappa shape index (κ2) is 10.2. The number of benzene rings is 1. The average molecular weight is 480 g/mol. The summed E-state index contributed by atoms with van der Waals surface area (Å²) in [5.41, 5.74) is 4.00. The number of aliphatic hydroxyl groups excluding tert-OH is 1. The molecule has 0 unspecified atom stereocenters. The highest BCUT2D eigenvalue weighted by molar-refractivity contribution is 5.98. The predicted octanol–water partition coefficient (Wildman–Crippen LogP) is 2.98. The molecular weight excluding hydrogens is 453 g/mol. The zero-order valence-corrected chi connectivity index (χ0v) is 18.8. The van der Waals surface area contributed by atoms with Crippen molar-refractivity contribution in [2.24, 2.45) is 5.73 Å². The van der Waals surface area contributed by atoms with Crippen LogP contribution >= 0.6 is 0 Å². The largest absolute Gasteiger partial charge is 0.417 e. The normalized spacial score (nSPS) is 18.3. The molecule has 2 aromatic rings. The molecule has 184 valence electrons. The van der Waals surface area contributed by atoms with Gasteiger partial charge in [-0.3, -0.25) is 9.59 Å². The Morgan fingerprint density at radius 1 is 1.15 bits per heavy atom. The summed E-state index contributed by atoms with van der Waals surface area (Å²) < 4.78 is 40.8. The van der Waals surface area contributed by atoms with E-state index in [4.69, 9.17) is 5.73 Å². The second-order valence-corrected chi connectivity index (χ2v) is 8.05. The number of amides is 2. The molecule has 6 N–H and O–H groups in total. The van der Waals surface area contributed by atoms with E-state index in [1.807, 2.05) is 6.92 Å². The molecule has 12 heteroatoms. The maximum Gasteiger partial charge on any atom is 0.417 e. The van der Waals surface area contributed by atoms with Crippen LogP contribution in [0.4, 0.5) is 30.5 Å². The lowest BCUT2D eigenvalue weighted by molar-refractivity contribution is -0.137. The minimum absolute atomic E-state index is 0.0268. The van der Waals surface area contributed by atoms with Gasteiger partial charge in [0.25, 0.3) is 11.8 Å². The summed E-state index contributed by atoms with van der Waals surface area (Å²) in [5, 5.41) is 17.9. The Morgan fingerprint density at radius 3 is 2.38 bits per heavy atom. The number of rotatable bonds is 7. The van der Waals surface area contributed by atoms with Gasteiger partial charge >= 0.3 is 6.18 Å². The molecule has 0 bridgehead atoms. The molecule has 1 fully saturated rings. The third kappa shape index (κ3) is 5.74. The van der Waals surface area contributed by atoms with Gasteiger partial charge in [0, 0.05) is 18.8 Å². The van der Waals surface area contributed by atoms with Crippen LogP contribution in [0.3, 0.4) is 0 Å². The van der Waals surface area contributed by atoms with Gasteiger partial charge in [-0.05, 0) is 50.3 Å². The number of alkyl halides is 3. The maximum atomic E-state index is 13.6. The quantitative estimate of drug-likeness (QED) is 0.410. The lowest BCUT2D eigenvalue weighted by Gasteiger charge is -2.27. The Morgan fingerprint density at radius 2 is 1.82 bits per heavy atom. The number of carbonyl (C=O) groups excluding carboxylic acids is 2. The molecular formula is C22H27F3N6O3. The van der Waals surface area contributed by atoms with Crippen molar-refractivity contribution in [3.05, 3.63) is 40.7 Å². The average Bonchev–Trinajstić information content (AvgIpc) is 2.79. The van der Waals surface area contributed by atoms with E-state index < -0.39 is 29.1 Å². The SMILES string of the molecule is CCc1nc(C(N)=O)c(Nc2ccc(C(=O)NC)c(C(F)(F)F)c2)nc1N[C@H]1CC[C@H](O)CC1. The molecule has 1 heterocycles. The molecule has 0 spiro atoms. The van der Waals surface area contributed by atoms with E-state index in [2.05, 4.69) is 25.9 Å². The molecule has 1 aromatic heterocycles. The van der Waals surface area contributed by atoms with E-state index in [1.54, 1.807) is 0 Å². The standard InChI is InChI=1S/C22H27F3N6O3/c1-3-16-19(28-11-4-7-13(32)8-5-11)31-20(17(30-16)18(26)33)29-12-6-9-14(21(34)27-2)15(10-12)22(23,24)25/h6,9-11,13,32H,3-5,7-8H2,1-2H3,(H2,26,33)(H,27,34)(H2,28,29,31)/t11-,13-. The Kier molecular flexibility index (Phi) is 7.60. The van der Waals surface area contributed by atoms with Crippen molar-refractivity contribution < 1.29 is 27.9 Å². The number of primary amides is 1. The van der Waals surface area contributed by atoms with Crippen molar-refractivity contribution in [3.63, 3.8) is 0 Å². The molecule has 1 aliphatic carbocycles. The summed E-state index contributed by atoms with van der Waals surface area (Å²) in [4.78, 5) is 32.6. The molecule has 1 aliphatic rings. The van der Waals surface area contributed by atoms with Gasteiger partial charge in [0.1, 0.15) is 5.82 Å². The van der Waals surface area contributed by atoms with E-state index in [9.17, 15) is 27.9 Å². The highest BCUT2D eigenvalue weighted by Gasteiger charge is 2.35. The minimum atomic E-state index is -4.79. The molecule has 1 saturated carbocycles.